The van der Waals surface area contributed by atoms with Crippen molar-refractivity contribution in [1.82, 2.24) is 4.48 Å². The molecule has 3 heterocycles. The minimum absolute atomic E-state index is 0.00562. The Morgan fingerprint density at radius 2 is 0.890 bits per heavy atom. The van der Waals surface area contributed by atoms with Crippen LogP contribution in [0.3, 0.4) is 0 Å². The predicted molar refractivity (Wildman–Crippen MR) is 315 cm³/mol. The van der Waals surface area contributed by atoms with Gasteiger partial charge in [-0.05, 0) is 174 Å². The van der Waals surface area contributed by atoms with E-state index in [1.54, 1.807) is 0 Å². The van der Waals surface area contributed by atoms with Gasteiger partial charge >= 0.3 is 6.85 Å². The van der Waals surface area contributed by atoms with Gasteiger partial charge in [-0.2, -0.15) is 0 Å². The molecule has 2 aliphatic rings. The van der Waals surface area contributed by atoms with Crippen LogP contribution in [-0.4, -0.2) is 11.3 Å². The van der Waals surface area contributed by atoms with E-state index in [-0.39, 0.29) is 23.6 Å². The molecular weight excluding hydrogens is 878 g/mol. The molecule has 1 aromatic heterocycles. The Labute approximate surface area is 427 Å². The Balaban J connectivity index is 1.13. The van der Waals surface area contributed by atoms with E-state index in [1.807, 2.05) is 0 Å². The van der Waals surface area contributed by atoms with Crippen molar-refractivity contribution in [3.05, 3.63) is 240 Å². The SMILES string of the molecule is CC(C)(C)c1ccc2c(c1)c1cc(C(C)(C)C)cc3c1n2B1c2cc4cc5c6ccccc6c6ccccc6c5cc4cc2C(c2cc(-c4ccccc4)cc(-c4ccccc4)c2)c2cc4ccccc4c-3c21. The van der Waals surface area contributed by atoms with E-state index in [0.29, 0.717) is 0 Å². The lowest BCUT2D eigenvalue weighted by atomic mass is 9.41. The van der Waals surface area contributed by atoms with Gasteiger partial charge in [-0.3, -0.25) is 0 Å². The zero-order chi connectivity index (χ0) is 49.1. The highest BCUT2D eigenvalue weighted by molar-refractivity contribution is 6.88. The molecule has 2 heteroatoms. The summed E-state index contributed by atoms with van der Waals surface area (Å²) in [5.74, 6) is -0.0682. The Morgan fingerprint density at radius 3 is 1.49 bits per heavy atom. The largest absolute Gasteiger partial charge is 0.375 e. The van der Waals surface area contributed by atoms with Crippen molar-refractivity contribution in [1.29, 1.82) is 0 Å². The van der Waals surface area contributed by atoms with Crippen LogP contribution in [0.4, 0.5) is 0 Å². The molecule has 0 bridgehead atoms. The topological polar surface area (TPSA) is 4.93 Å². The number of hydrogen-bond donors (Lipinski definition) is 0. The van der Waals surface area contributed by atoms with Gasteiger partial charge in [0.05, 0.1) is 0 Å². The Kier molecular flexibility index (Phi) is 8.83. The first-order chi connectivity index (χ1) is 35.5. The number of fused-ring (bicyclic) bond motifs is 16. The lowest BCUT2D eigenvalue weighted by Crippen LogP contribution is -2.57. The average Bonchev–Trinajstić information content (AvgIpc) is 3.74. The van der Waals surface area contributed by atoms with Crippen LogP contribution in [-0.2, 0) is 10.8 Å². The van der Waals surface area contributed by atoms with Crippen molar-refractivity contribution in [2.45, 2.75) is 58.3 Å². The molecule has 0 N–H and O–H groups in total. The molecule has 0 saturated carbocycles. The summed E-state index contributed by atoms with van der Waals surface area (Å²) in [6.45, 7) is 14.1. The zero-order valence-corrected chi connectivity index (χ0v) is 42.3. The van der Waals surface area contributed by atoms with Crippen molar-refractivity contribution in [3.63, 3.8) is 0 Å². The highest BCUT2D eigenvalue weighted by Crippen LogP contribution is 2.50. The molecule has 0 fully saturated rings. The second-order valence-corrected chi connectivity index (χ2v) is 23.2. The van der Waals surface area contributed by atoms with Gasteiger partial charge in [0.2, 0.25) is 0 Å². The minimum Gasteiger partial charge on any atom is -0.375 e. The fourth-order valence-electron chi connectivity index (χ4n) is 13.3. The van der Waals surface area contributed by atoms with Crippen LogP contribution in [0, 0.1) is 0 Å². The molecule has 12 aromatic carbocycles. The number of nitrogens with zero attached hydrogens (tertiary/aromatic N) is 1. The van der Waals surface area contributed by atoms with E-state index >= 15 is 0 Å². The Morgan fingerprint density at radius 1 is 0.370 bits per heavy atom. The van der Waals surface area contributed by atoms with Gasteiger partial charge in [-0.15, -0.1) is 0 Å². The lowest BCUT2D eigenvalue weighted by Gasteiger charge is -2.39. The Hall–Kier alpha value is -8.20. The smallest absolute Gasteiger partial charge is 0.329 e. The second kappa shape index (κ2) is 15.2. The van der Waals surface area contributed by atoms with Gasteiger partial charge < -0.3 is 4.48 Å². The number of rotatable bonds is 3. The van der Waals surface area contributed by atoms with E-state index < -0.39 is 0 Å². The van der Waals surface area contributed by atoms with E-state index in [2.05, 4.69) is 258 Å². The summed E-state index contributed by atoms with van der Waals surface area (Å²) in [5.41, 5.74) is 19.8. The molecule has 0 radical (unpaired) electrons. The normalized spacial score (nSPS) is 14.3. The molecule has 2 aliphatic heterocycles. The summed E-state index contributed by atoms with van der Waals surface area (Å²) in [5, 5.41) is 15.6. The highest BCUT2D eigenvalue weighted by Gasteiger charge is 2.45. The maximum atomic E-state index is 2.78. The van der Waals surface area contributed by atoms with E-state index in [0.717, 1.165) is 0 Å². The quantitative estimate of drug-likeness (QED) is 0.0945. The van der Waals surface area contributed by atoms with Gasteiger partial charge in [-0.1, -0.05) is 211 Å². The highest BCUT2D eigenvalue weighted by atomic mass is 14.9. The molecule has 0 aliphatic carbocycles. The van der Waals surface area contributed by atoms with Crippen LogP contribution in [0.15, 0.2) is 212 Å². The second-order valence-electron chi connectivity index (χ2n) is 23.2. The van der Waals surface area contributed by atoms with Gasteiger partial charge in [-0.25, -0.2) is 0 Å². The summed E-state index contributed by atoms with van der Waals surface area (Å²) >= 11 is 0. The summed E-state index contributed by atoms with van der Waals surface area (Å²) in [7, 11) is 0. The molecule has 1 unspecified atom stereocenters. The molecule has 0 amide bonds. The van der Waals surface area contributed by atoms with Gasteiger partial charge in [0.1, 0.15) is 0 Å². The van der Waals surface area contributed by atoms with Crippen molar-refractivity contribution in [2.75, 3.05) is 0 Å². The standard InChI is InChI=1S/C71H54BN/c1-70(2,3)50-29-30-65-59(39-50)60-40-51(71(4,5)6)41-63-67-52-24-14-13-23-44(52)34-62-66(49-32-45(42-19-9-7-10-20-42)31-46(33-49)43-21-11-8-12-22-43)61-37-47-35-57-55-27-17-15-25-53(55)54-26-16-18-28-56(54)58(57)36-48(47)38-64(61)72(68(62)67)73(65)69(60)63/h7-41,66H,1-6H3. The minimum atomic E-state index is -0.0753. The summed E-state index contributed by atoms with van der Waals surface area (Å²) in [6, 6.07) is 81.9. The van der Waals surface area contributed by atoms with Crippen molar-refractivity contribution in [2.24, 2.45) is 0 Å². The van der Waals surface area contributed by atoms with Gasteiger partial charge in [0.25, 0.3) is 0 Å². The predicted octanol–water partition coefficient (Wildman–Crippen LogP) is 17.6. The average molecular weight is 932 g/mol. The lowest BCUT2D eigenvalue weighted by molar-refractivity contribution is 0.590. The fraction of sp³-hybridized carbons (Fsp3) is 0.127. The van der Waals surface area contributed by atoms with Crippen molar-refractivity contribution >= 4 is 93.4 Å². The molecule has 346 valence electrons. The summed E-state index contributed by atoms with van der Waals surface area (Å²) in [6.07, 6.45) is 0. The first-order valence-electron chi connectivity index (χ1n) is 26.2. The first-order valence-corrected chi connectivity index (χ1v) is 26.2. The summed E-state index contributed by atoms with van der Waals surface area (Å²) < 4.78 is 2.78. The third-order valence-corrected chi connectivity index (χ3v) is 16.9. The monoisotopic (exact) mass is 931 g/mol. The third-order valence-electron chi connectivity index (χ3n) is 16.9. The molecule has 1 nitrogen and oxygen atoms in total. The van der Waals surface area contributed by atoms with Crippen LogP contribution in [0.1, 0.15) is 75.3 Å². The van der Waals surface area contributed by atoms with Gasteiger partial charge in [0.15, 0.2) is 0 Å². The zero-order valence-electron chi connectivity index (χ0n) is 42.3. The van der Waals surface area contributed by atoms with Gasteiger partial charge in [0, 0.05) is 33.3 Å². The van der Waals surface area contributed by atoms with Crippen LogP contribution >= 0.6 is 0 Å². The molecular formula is C71H54BN. The molecule has 1 atom stereocenters. The third kappa shape index (κ3) is 6.23. The number of benzene rings is 12. The van der Waals surface area contributed by atoms with Crippen LogP contribution < -0.4 is 10.9 Å². The molecule has 0 spiro atoms. The number of hydrogen-bond acceptors (Lipinski definition) is 0. The van der Waals surface area contributed by atoms with E-state index in [1.165, 1.54) is 148 Å². The molecule has 73 heavy (non-hydrogen) atoms. The van der Waals surface area contributed by atoms with Crippen LogP contribution in [0.2, 0.25) is 0 Å². The molecule has 0 saturated heterocycles. The van der Waals surface area contributed by atoms with Crippen LogP contribution in [0.25, 0.3) is 109 Å². The Bertz CT molecular complexity index is 4450. The maximum absolute atomic E-state index is 2.78. The fourth-order valence-corrected chi connectivity index (χ4v) is 13.3. The van der Waals surface area contributed by atoms with Crippen LogP contribution in [0.5, 0.6) is 0 Å². The van der Waals surface area contributed by atoms with Crippen molar-refractivity contribution < 1.29 is 0 Å². The van der Waals surface area contributed by atoms with E-state index in [9.17, 15) is 0 Å². The molecule has 15 rings (SSSR count). The maximum Gasteiger partial charge on any atom is 0.329 e. The molecule has 13 aromatic rings. The summed E-state index contributed by atoms with van der Waals surface area (Å²) in [4.78, 5) is 0. The number of aromatic nitrogens is 1. The first kappa shape index (κ1) is 42.5. The van der Waals surface area contributed by atoms with Crippen molar-refractivity contribution in [3.8, 4) is 33.4 Å². The van der Waals surface area contributed by atoms with E-state index in [4.69, 9.17) is 0 Å².